The maximum atomic E-state index is 13.2. The minimum atomic E-state index is -3.77. The predicted molar refractivity (Wildman–Crippen MR) is 103 cm³/mol. The van der Waals surface area contributed by atoms with Crippen LogP contribution in [0.5, 0.6) is 0 Å². The Balaban J connectivity index is 1.92. The van der Waals surface area contributed by atoms with Gasteiger partial charge in [-0.05, 0) is 35.6 Å². The summed E-state index contributed by atoms with van der Waals surface area (Å²) in [4.78, 5) is 1.03. The lowest BCUT2D eigenvalue weighted by Gasteiger charge is -2.22. The van der Waals surface area contributed by atoms with E-state index >= 15 is 0 Å². The highest BCUT2D eigenvalue weighted by molar-refractivity contribution is 7.89. The maximum Gasteiger partial charge on any atom is 0.244 e. The van der Waals surface area contributed by atoms with Crippen molar-refractivity contribution in [1.82, 2.24) is 4.31 Å². The molecule has 1 aromatic heterocycles. The molecule has 3 rings (SSSR count). The van der Waals surface area contributed by atoms with E-state index in [1.54, 1.807) is 12.1 Å². The van der Waals surface area contributed by atoms with Crippen LogP contribution in [-0.4, -0.2) is 19.3 Å². The van der Waals surface area contributed by atoms with Crippen LogP contribution in [0.2, 0.25) is 0 Å². The molecule has 0 atom stereocenters. The van der Waals surface area contributed by atoms with Gasteiger partial charge in [0.05, 0.1) is 10.5 Å². The average molecular weight is 383 g/mol. The van der Waals surface area contributed by atoms with Crippen LogP contribution in [0.4, 0.5) is 0 Å². The van der Waals surface area contributed by atoms with E-state index in [2.05, 4.69) is 0 Å². The van der Waals surface area contributed by atoms with Gasteiger partial charge in [-0.3, -0.25) is 0 Å². The lowest BCUT2D eigenvalue weighted by Crippen LogP contribution is -2.32. The number of rotatable bonds is 7. The molecule has 132 valence electrons. The van der Waals surface area contributed by atoms with Gasteiger partial charge in [-0.2, -0.15) is 9.57 Å². The van der Waals surface area contributed by atoms with E-state index in [4.69, 9.17) is 0 Å². The fourth-order valence-corrected chi connectivity index (χ4v) is 5.04. The molecule has 4 nitrogen and oxygen atoms in total. The van der Waals surface area contributed by atoms with E-state index in [0.717, 1.165) is 10.4 Å². The zero-order chi connectivity index (χ0) is 18.4. The van der Waals surface area contributed by atoms with E-state index in [1.807, 2.05) is 53.9 Å². The fourth-order valence-electron chi connectivity index (χ4n) is 2.68. The number of thiophene rings is 1. The smallest absolute Gasteiger partial charge is 0.207 e. The standard InChI is InChI=1S/C20H18N2O2S2/c21-15-18-9-4-5-11-20(18)26(23,24)22(16-19-10-6-14-25-19)13-12-17-7-2-1-3-8-17/h1-11,14H,12-13,16H2. The summed E-state index contributed by atoms with van der Waals surface area (Å²) in [6.45, 7) is 0.649. The highest BCUT2D eigenvalue weighted by atomic mass is 32.2. The molecule has 0 aliphatic carbocycles. The lowest BCUT2D eigenvalue weighted by atomic mass is 10.1. The summed E-state index contributed by atoms with van der Waals surface area (Å²) in [6, 6.07) is 22.0. The summed E-state index contributed by atoms with van der Waals surface area (Å²) in [5.74, 6) is 0. The summed E-state index contributed by atoms with van der Waals surface area (Å²) in [5.41, 5.74) is 1.25. The first-order chi connectivity index (χ1) is 12.6. The number of hydrogen-bond acceptors (Lipinski definition) is 4. The third-order valence-corrected chi connectivity index (χ3v) is 6.79. The molecule has 26 heavy (non-hydrogen) atoms. The minimum absolute atomic E-state index is 0.0621. The van der Waals surface area contributed by atoms with Crippen LogP contribution in [0.15, 0.2) is 77.0 Å². The van der Waals surface area contributed by atoms with E-state index in [-0.39, 0.29) is 10.5 Å². The van der Waals surface area contributed by atoms with E-state index in [9.17, 15) is 13.7 Å². The second kappa shape index (κ2) is 8.28. The SMILES string of the molecule is N#Cc1ccccc1S(=O)(=O)N(CCc1ccccc1)Cc1cccs1. The molecule has 0 radical (unpaired) electrons. The van der Waals surface area contributed by atoms with Crippen molar-refractivity contribution in [2.75, 3.05) is 6.54 Å². The number of benzene rings is 2. The number of nitrogens with zero attached hydrogens (tertiary/aromatic N) is 2. The summed E-state index contributed by atoms with van der Waals surface area (Å²) >= 11 is 1.52. The Hall–Kier alpha value is -2.46. The summed E-state index contributed by atoms with van der Waals surface area (Å²) in [7, 11) is -3.77. The highest BCUT2D eigenvalue weighted by Gasteiger charge is 2.27. The van der Waals surface area contributed by atoms with Crippen molar-refractivity contribution in [3.8, 4) is 6.07 Å². The van der Waals surface area contributed by atoms with Gasteiger partial charge in [0, 0.05) is 18.0 Å². The quantitative estimate of drug-likeness (QED) is 0.619. The van der Waals surface area contributed by atoms with Crippen molar-refractivity contribution in [3.63, 3.8) is 0 Å². The molecule has 0 aliphatic rings. The van der Waals surface area contributed by atoms with Crippen LogP contribution in [0, 0.1) is 11.3 Å². The van der Waals surface area contributed by atoms with Crippen molar-refractivity contribution < 1.29 is 8.42 Å². The second-order valence-electron chi connectivity index (χ2n) is 5.76. The monoisotopic (exact) mass is 382 g/mol. The van der Waals surface area contributed by atoms with E-state index in [1.165, 1.54) is 27.8 Å². The molecule has 3 aromatic rings. The van der Waals surface area contributed by atoms with Crippen LogP contribution < -0.4 is 0 Å². The largest absolute Gasteiger partial charge is 0.244 e. The number of sulfonamides is 1. The van der Waals surface area contributed by atoms with Crippen molar-refractivity contribution in [3.05, 3.63) is 88.1 Å². The van der Waals surface area contributed by atoms with Gasteiger partial charge in [-0.15, -0.1) is 11.3 Å². The first-order valence-corrected chi connectivity index (χ1v) is 10.5. The third kappa shape index (κ3) is 4.20. The summed E-state index contributed by atoms with van der Waals surface area (Å²) < 4.78 is 27.9. The zero-order valence-corrected chi connectivity index (χ0v) is 15.7. The third-order valence-electron chi connectivity index (χ3n) is 4.03. The van der Waals surface area contributed by atoms with Crippen molar-refractivity contribution >= 4 is 21.4 Å². The molecule has 0 fully saturated rings. The molecule has 1 heterocycles. The van der Waals surface area contributed by atoms with Gasteiger partial charge in [-0.1, -0.05) is 48.5 Å². The van der Waals surface area contributed by atoms with Crippen LogP contribution >= 0.6 is 11.3 Å². The number of nitriles is 1. The molecule has 0 aliphatic heterocycles. The van der Waals surface area contributed by atoms with Crippen LogP contribution in [0.25, 0.3) is 0 Å². The second-order valence-corrected chi connectivity index (χ2v) is 8.70. The fraction of sp³-hybridized carbons (Fsp3) is 0.150. The topological polar surface area (TPSA) is 61.2 Å². The Bertz CT molecular complexity index is 992. The van der Waals surface area contributed by atoms with Crippen LogP contribution in [0.3, 0.4) is 0 Å². The first kappa shape index (κ1) is 18.3. The Labute approximate surface area is 158 Å². The zero-order valence-electron chi connectivity index (χ0n) is 14.1. The summed E-state index contributed by atoms with van der Waals surface area (Å²) in [5, 5.41) is 11.2. The number of hydrogen-bond donors (Lipinski definition) is 0. The average Bonchev–Trinajstić information content (AvgIpc) is 3.19. The van der Waals surface area contributed by atoms with Crippen LogP contribution in [-0.2, 0) is 23.0 Å². The van der Waals surface area contributed by atoms with Crippen molar-refractivity contribution in [1.29, 1.82) is 5.26 Å². The molecule has 0 unspecified atom stereocenters. The van der Waals surface area contributed by atoms with Crippen LogP contribution in [0.1, 0.15) is 16.0 Å². The highest BCUT2D eigenvalue weighted by Crippen LogP contribution is 2.23. The van der Waals surface area contributed by atoms with Crippen molar-refractivity contribution in [2.45, 2.75) is 17.9 Å². The Morgan fingerprint density at radius 1 is 0.962 bits per heavy atom. The molecule has 0 spiro atoms. The Morgan fingerprint density at radius 2 is 1.69 bits per heavy atom. The van der Waals surface area contributed by atoms with Gasteiger partial charge >= 0.3 is 0 Å². The lowest BCUT2D eigenvalue weighted by molar-refractivity contribution is 0.412. The molecule has 0 saturated carbocycles. The molecule has 0 saturated heterocycles. The maximum absolute atomic E-state index is 13.2. The normalized spacial score (nSPS) is 11.4. The van der Waals surface area contributed by atoms with Gasteiger partial charge < -0.3 is 0 Å². The molecule has 2 aromatic carbocycles. The molecule has 0 N–H and O–H groups in total. The molecule has 6 heteroatoms. The van der Waals surface area contributed by atoms with Gasteiger partial charge in [0.15, 0.2) is 0 Å². The molecule has 0 amide bonds. The Morgan fingerprint density at radius 3 is 2.38 bits per heavy atom. The summed E-state index contributed by atoms with van der Waals surface area (Å²) in [6.07, 6.45) is 0.611. The van der Waals surface area contributed by atoms with E-state index < -0.39 is 10.0 Å². The predicted octanol–water partition coefficient (Wildman–Crippen LogP) is 4.05. The molecule has 0 bridgehead atoms. The van der Waals surface area contributed by atoms with E-state index in [0.29, 0.717) is 19.5 Å². The van der Waals surface area contributed by atoms with Crippen molar-refractivity contribution in [2.24, 2.45) is 0 Å². The molecular weight excluding hydrogens is 364 g/mol. The van der Waals surface area contributed by atoms with Gasteiger partial charge in [0.25, 0.3) is 0 Å². The minimum Gasteiger partial charge on any atom is -0.207 e. The first-order valence-electron chi connectivity index (χ1n) is 8.17. The van der Waals surface area contributed by atoms with Gasteiger partial charge in [-0.25, -0.2) is 8.42 Å². The Kier molecular flexibility index (Phi) is 5.84. The van der Waals surface area contributed by atoms with Gasteiger partial charge in [0.2, 0.25) is 10.0 Å². The molecular formula is C20H18N2O2S2. The van der Waals surface area contributed by atoms with Gasteiger partial charge in [0.1, 0.15) is 6.07 Å².